The van der Waals surface area contributed by atoms with Crippen LogP contribution < -0.4 is 4.90 Å². The van der Waals surface area contributed by atoms with Crippen LogP contribution in [-0.4, -0.2) is 32.8 Å². The number of H-pyrrole nitrogens is 1. The van der Waals surface area contributed by atoms with Gasteiger partial charge in [-0.25, -0.2) is 14.7 Å². The van der Waals surface area contributed by atoms with E-state index in [9.17, 15) is 9.59 Å². The number of nitrogens with one attached hydrogen (secondary N) is 1. The molecule has 0 saturated carbocycles. The third-order valence-corrected chi connectivity index (χ3v) is 4.61. The standard InChI is InChI=1S/C14H10Cl2N4O2.ClH/c15-7-2-1-3-8(16)12(7)20-13(21)11-4-9-10(18-6-17-9)5-19(11)14(20)22;/h1-3,6,11H,4-5H2,(H,17,18);1H. The number of fused-ring (bicyclic) bond motifs is 2. The maximum absolute atomic E-state index is 12.7. The van der Waals surface area contributed by atoms with Crippen molar-refractivity contribution in [1.29, 1.82) is 0 Å². The topological polar surface area (TPSA) is 69.3 Å². The van der Waals surface area contributed by atoms with Gasteiger partial charge in [-0.05, 0) is 12.1 Å². The van der Waals surface area contributed by atoms with Gasteiger partial charge < -0.3 is 9.88 Å². The molecule has 0 radical (unpaired) electrons. The molecule has 6 nitrogen and oxygen atoms in total. The number of urea groups is 1. The summed E-state index contributed by atoms with van der Waals surface area (Å²) in [6.45, 7) is 0.323. The predicted molar refractivity (Wildman–Crippen MR) is 88.2 cm³/mol. The predicted octanol–water partition coefficient (Wildman–Crippen LogP) is 3.03. The summed E-state index contributed by atoms with van der Waals surface area (Å²) in [5.74, 6) is -0.325. The zero-order valence-corrected chi connectivity index (χ0v) is 14.0. The van der Waals surface area contributed by atoms with Crippen LogP contribution in [0.3, 0.4) is 0 Å². The highest BCUT2D eigenvalue weighted by atomic mass is 35.5. The van der Waals surface area contributed by atoms with Gasteiger partial charge in [-0.1, -0.05) is 29.3 Å². The average molecular weight is 374 g/mol. The number of amides is 3. The van der Waals surface area contributed by atoms with Crippen molar-refractivity contribution in [3.8, 4) is 0 Å². The molecule has 3 amide bonds. The number of imidazole rings is 1. The van der Waals surface area contributed by atoms with Gasteiger partial charge in [-0.2, -0.15) is 0 Å². The molecular formula is C14H11Cl3N4O2. The highest BCUT2D eigenvalue weighted by Crippen LogP contribution is 2.39. The van der Waals surface area contributed by atoms with Crippen molar-refractivity contribution < 1.29 is 9.59 Å². The van der Waals surface area contributed by atoms with E-state index in [1.807, 2.05) is 0 Å². The fourth-order valence-electron chi connectivity index (χ4n) is 2.94. The van der Waals surface area contributed by atoms with Crippen LogP contribution in [0.1, 0.15) is 11.4 Å². The minimum absolute atomic E-state index is 0. The van der Waals surface area contributed by atoms with Gasteiger partial charge in [0.25, 0.3) is 5.91 Å². The highest BCUT2D eigenvalue weighted by molar-refractivity contribution is 6.42. The first kappa shape index (κ1) is 16.1. The van der Waals surface area contributed by atoms with E-state index in [1.54, 1.807) is 24.5 Å². The smallest absolute Gasteiger partial charge is 0.332 e. The fourth-order valence-corrected chi connectivity index (χ4v) is 3.50. The van der Waals surface area contributed by atoms with E-state index < -0.39 is 12.1 Å². The molecular weight excluding hydrogens is 363 g/mol. The number of hydrogen-bond acceptors (Lipinski definition) is 3. The summed E-state index contributed by atoms with van der Waals surface area (Å²) in [4.78, 5) is 35.1. The third kappa shape index (κ3) is 2.29. The summed E-state index contributed by atoms with van der Waals surface area (Å²) < 4.78 is 0. The van der Waals surface area contributed by atoms with Crippen molar-refractivity contribution in [2.45, 2.75) is 19.0 Å². The van der Waals surface area contributed by atoms with E-state index in [0.29, 0.717) is 13.0 Å². The van der Waals surface area contributed by atoms with E-state index in [1.165, 1.54) is 4.90 Å². The summed E-state index contributed by atoms with van der Waals surface area (Å²) >= 11 is 12.3. The quantitative estimate of drug-likeness (QED) is 0.781. The Morgan fingerprint density at radius 3 is 2.61 bits per heavy atom. The number of benzene rings is 1. The number of halogens is 3. The van der Waals surface area contributed by atoms with Crippen molar-refractivity contribution in [3.63, 3.8) is 0 Å². The molecule has 1 aromatic carbocycles. The number of aromatic amines is 1. The summed E-state index contributed by atoms with van der Waals surface area (Å²) in [7, 11) is 0. The molecule has 1 saturated heterocycles. The fraction of sp³-hybridized carbons (Fsp3) is 0.214. The number of nitrogens with zero attached hydrogens (tertiary/aromatic N) is 3. The number of carbonyl (C=O) groups excluding carboxylic acids is 2. The Balaban J connectivity index is 0.00000156. The van der Waals surface area contributed by atoms with Crippen molar-refractivity contribution in [2.75, 3.05) is 4.90 Å². The second-order valence-corrected chi connectivity index (χ2v) is 6.02. The van der Waals surface area contributed by atoms with Gasteiger partial charge in [0, 0.05) is 6.42 Å². The molecule has 9 heteroatoms. The molecule has 1 atom stereocenters. The van der Waals surface area contributed by atoms with Crippen LogP contribution >= 0.6 is 35.6 Å². The lowest BCUT2D eigenvalue weighted by Crippen LogP contribution is -2.40. The van der Waals surface area contributed by atoms with Gasteiger partial charge >= 0.3 is 6.03 Å². The number of hydrogen-bond donors (Lipinski definition) is 1. The van der Waals surface area contributed by atoms with Crippen LogP contribution in [-0.2, 0) is 17.8 Å². The van der Waals surface area contributed by atoms with Crippen LogP contribution in [0.15, 0.2) is 24.5 Å². The SMILES string of the molecule is Cl.O=C1C2Cc3nc[nH]c3CN2C(=O)N1c1c(Cl)cccc1Cl. The number of anilines is 1. The minimum atomic E-state index is -0.560. The Hall–Kier alpha value is -1.76. The Labute approximate surface area is 147 Å². The van der Waals surface area contributed by atoms with Gasteiger partial charge in [0.2, 0.25) is 0 Å². The molecule has 0 bridgehead atoms. The summed E-state index contributed by atoms with van der Waals surface area (Å²) in [5.41, 5.74) is 1.91. The molecule has 1 fully saturated rings. The van der Waals surface area contributed by atoms with Crippen molar-refractivity contribution in [3.05, 3.63) is 46.0 Å². The molecule has 4 rings (SSSR count). The van der Waals surface area contributed by atoms with Crippen LogP contribution in [0.5, 0.6) is 0 Å². The zero-order valence-electron chi connectivity index (χ0n) is 11.6. The van der Waals surface area contributed by atoms with Gasteiger partial charge in [0.15, 0.2) is 0 Å². The summed E-state index contributed by atoms with van der Waals surface area (Å²) in [6.07, 6.45) is 1.96. The van der Waals surface area contributed by atoms with Crippen molar-refractivity contribution >= 4 is 53.2 Å². The molecule has 0 spiro atoms. The number of rotatable bonds is 1. The van der Waals surface area contributed by atoms with Crippen LogP contribution in [0.4, 0.5) is 10.5 Å². The summed E-state index contributed by atoms with van der Waals surface area (Å²) in [6, 6.07) is 3.90. The number of imide groups is 1. The van der Waals surface area contributed by atoms with Crippen LogP contribution in [0, 0.1) is 0 Å². The second-order valence-electron chi connectivity index (χ2n) is 5.20. The lowest BCUT2D eigenvalue weighted by molar-refractivity contribution is -0.120. The lowest BCUT2D eigenvalue weighted by Gasteiger charge is -2.25. The molecule has 120 valence electrons. The normalized spacial score (nSPS) is 19.5. The number of para-hydroxylation sites is 1. The minimum Gasteiger partial charge on any atom is -0.347 e. The van der Waals surface area contributed by atoms with Crippen LogP contribution in [0.25, 0.3) is 0 Å². The third-order valence-electron chi connectivity index (χ3n) is 4.00. The molecule has 2 aromatic rings. The first-order valence-corrected chi connectivity index (χ1v) is 7.43. The van der Waals surface area contributed by atoms with E-state index >= 15 is 0 Å². The van der Waals surface area contributed by atoms with Gasteiger partial charge in [0.1, 0.15) is 6.04 Å². The molecule has 1 N–H and O–H groups in total. The van der Waals surface area contributed by atoms with Crippen molar-refractivity contribution in [2.24, 2.45) is 0 Å². The van der Waals surface area contributed by atoms with Gasteiger partial charge in [0.05, 0.1) is 40.0 Å². The Bertz CT molecular complexity index is 748. The summed E-state index contributed by atoms with van der Waals surface area (Å²) in [5, 5.41) is 0.538. The first-order chi connectivity index (χ1) is 10.6. The van der Waals surface area contributed by atoms with Gasteiger partial charge in [-0.15, -0.1) is 12.4 Å². The highest BCUT2D eigenvalue weighted by Gasteiger charge is 2.49. The molecule has 1 unspecified atom stereocenters. The van der Waals surface area contributed by atoms with E-state index in [4.69, 9.17) is 23.2 Å². The Morgan fingerprint density at radius 2 is 1.91 bits per heavy atom. The Morgan fingerprint density at radius 1 is 1.22 bits per heavy atom. The van der Waals surface area contributed by atoms with Crippen molar-refractivity contribution in [1.82, 2.24) is 14.9 Å². The second kappa shape index (κ2) is 5.70. The molecule has 0 aliphatic carbocycles. The van der Waals surface area contributed by atoms with E-state index in [0.717, 1.165) is 16.3 Å². The molecule has 2 aliphatic rings. The molecule has 2 aliphatic heterocycles. The molecule has 3 heterocycles. The monoisotopic (exact) mass is 372 g/mol. The lowest BCUT2D eigenvalue weighted by atomic mass is 10.0. The number of carbonyl (C=O) groups is 2. The van der Waals surface area contributed by atoms with Gasteiger partial charge in [-0.3, -0.25) is 4.79 Å². The first-order valence-electron chi connectivity index (χ1n) is 6.67. The van der Waals surface area contributed by atoms with E-state index in [2.05, 4.69) is 9.97 Å². The maximum atomic E-state index is 12.7. The molecule has 23 heavy (non-hydrogen) atoms. The van der Waals surface area contributed by atoms with E-state index in [-0.39, 0.29) is 34.0 Å². The van der Waals surface area contributed by atoms with Crippen LogP contribution in [0.2, 0.25) is 10.0 Å². The zero-order chi connectivity index (χ0) is 15.4. The average Bonchev–Trinajstić information content (AvgIpc) is 3.03. The number of aromatic nitrogens is 2. The molecule has 1 aromatic heterocycles. The maximum Gasteiger partial charge on any atom is 0.332 e. The largest absolute Gasteiger partial charge is 0.347 e. The Kier molecular flexibility index (Phi) is 4.00.